The average molecular weight is 383 g/mol. The zero-order valence-corrected chi connectivity index (χ0v) is 16.2. The van der Waals surface area contributed by atoms with Crippen molar-refractivity contribution >= 4 is 5.91 Å². The van der Waals surface area contributed by atoms with E-state index < -0.39 is 0 Å². The first-order valence-electron chi connectivity index (χ1n) is 9.54. The number of hydrogen-bond acceptors (Lipinski definition) is 5. The second kappa shape index (κ2) is 7.67. The summed E-state index contributed by atoms with van der Waals surface area (Å²) in [5.74, 6) is 1.74. The molecule has 0 unspecified atom stereocenters. The highest BCUT2D eigenvalue weighted by Gasteiger charge is 2.31. The van der Waals surface area contributed by atoms with E-state index in [-0.39, 0.29) is 23.6 Å². The molecule has 0 aliphatic carbocycles. The van der Waals surface area contributed by atoms with Crippen molar-refractivity contribution in [3.05, 3.63) is 57.5 Å². The van der Waals surface area contributed by atoms with Crippen molar-refractivity contribution in [3.63, 3.8) is 0 Å². The third-order valence-corrected chi connectivity index (χ3v) is 5.69. The number of carbonyl (C=O) groups is 1. The molecule has 1 aromatic carbocycles. The van der Waals surface area contributed by atoms with Gasteiger partial charge >= 0.3 is 0 Å². The molecule has 1 fully saturated rings. The van der Waals surface area contributed by atoms with Crippen molar-refractivity contribution in [3.8, 4) is 11.5 Å². The number of nitrogens with one attached hydrogen (secondary N) is 2. The second-order valence-corrected chi connectivity index (χ2v) is 7.40. The highest BCUT2D eigenvalue weighted by atomic mass is 16.5. The van der Waals surface area contributed by atoms with Gasteiger partial charge in [-0.2, -0.15) is 0 Å². The summed E-state index contributed by atoms with van der Waals surface area (Å²) in [6, 6.07) is 9.00. The predicted molar refractivity (Wildman–Crippen MR) is 105 cm³/mol. The lowest BCUT2D eigenvalue weighted by Gasteiger charge is -2.37. The number of fused-ring (bicyclic) bond motifs is 4. The van der Waals surface area contributed by atoms with Gasteiger partial charge in [0.05, 0.1) is 14.2 Å². The van der Waals surface area contributed by atoms with Gasteiger partial charge in [-0.1, -0.05) is 0 Å². The van der Waals surface area contributed by atoms with Crippen LogP contribution in [0.5, 0.6) is 11.5 Å². The van der Waals surface area contributed by atoms with E-state index in [4.69, 9.17) is 9.47 Å². The number of pyridine rings is 1. The number of piperidine rings is 1. The largest absolute Gasteiger partial charge is 0.497 e. The summed E-state index contributed by atoms with van der Waals surface area (Å²) >= 11 is 0. The molecule has 3 heterocycles. The van der Waals surface area contributed by atoms with Gasteiger partial charge in [0.2, 0.25) is 0 Å². The molecule has 0 spiro atoms. The molecule has 0 saturated carbocycles. The Bertz CT molecular complexity index is 953. The third-order valence-electron chi connectivity index (χ3n) is 5.69. The summed E-state index contributed by atoms with van der Waals surface area (Å²) in [6.45, 7) is 2.75. The van der Waals surface area contributed by atoms with Crippen molar-refractivity contribution in [1.82, 2.24) is 15.2 Å². The maximum atomic E-state index is 12.9. The van der Waals surface area contributed by atoms with Crippen molar-refractivity contribution < 1.29 is 14.3 Å². The quantitative estimate of drug-likeness (QED) is 0.818. The molecule has 2 aliphatic heterocycles. The number of ether oxygens (including phenoxy) is 2. The van der Waals surface area contributed by atoms with Crippen LogP contribution in [-0.2, 0) is 13.1 Å². The van der Waals surface area contributed by atoms with Gasteiger partial charge in [-0.25, -0.2) is 0 Å². The highest BCUT2D eigenvalue weighted by molar-refractivity contribution is 5.93. The molecule has 7 nitrogen and oxygen atoms in total. The Balaban J connectivity index is 1.53. The lowest BCUT2D eigenvalue weighted by Crippen LogP contribution is -2.46. The van der Waals surface area contributed by atoms with Crippen molar-refractivity contribution in [1.29, 1.82) is 0 Å². The summed E-state index contributed by atoms with van der Waals surface area (Å²) in [6.07, 6.45) is 1.11. The second-order valence-electron chi connectivity index (χ2n) is 7.40. The van der Waals surface area contributed by atoms with Gasteiger partial charge in [0.15, 0.2) is 0 Å². The fourth-order valence-electron chi connectivity index (χ4n) is 4.23. The average Bonchev–Trinajstić information content (AvgIpc) is 2.73. The molecule has 0 radical (unpaired) electrons. The maximum Gasteiger partial charge on any atom is 0.263 e. The summed E-state index contributed by atoms with van der Waals surface area (Å²) in [5.41, 5.74) is 1.83. The Kier molecular flexibility index (Phi) is 5.09. The van der Waals surface area contributed by atoms with E-state index in [0.717, 1.165) is 30.8 Å². The molecule has 1 aromatic heterocycles. The van der Waals surface area contributed by atoms with E-state index in [0.29, 0.717) is 29.9 Å². The van der Waals surface area contributed by atoms with Crippen molar-refractivity contribution in [2.24, 2.45) is 5.92 Å². The van der Waals surface area contributed by atoms with Crippen LogP contribution in [0.4, 0.5) is 0 Å². The zero-order chi connectivity index (χ0) is 19.7. The topological polar surface area (TPSA) is 81.6 Å². The molecule has 2 bridgehead atoms. The van der Waals surface area contributed by atoms with Crippen LogP contribution in [-0.4, -0.2) is 37.8 Å². The van der Waals surface area contributed by atoms with Gasteiger partial charge in [0.1, 0.15) is 17.1 Å². The molecule has 2 aromatic rings. The molecular formula is C21H25N3O4. The number of benzene rings is 1. The van der Waals surface area contributed by atoms with Gasteiger partial charge in [-0.3, -0.25) is 9.59 Å². The van der Waals surface area contributed by atoms with Gasteiger partial charge in [-0.05, 0) is 43.1 Å². The Morgan fingerprint density at radius 2 is 2.07 bits per heavy atom. The first-order valence-corrected chi connectivity index (χ1v) is 9.54. The van der Waals surface area contributed by atoms with Crippen LogP contribution < -0.4 is 25.7 Å². The van der Waals surface area contributed by atoms with E-state index in [1.54, 1.807) is 30.9 Å². The molecular weight excluding hydrogens is 358 g/mol. The summed E-state index contributed by atoms with van der Waals surface area (Å²) < 4.78 is 12.3. The highest BCUT2D eigenvalue weighted by Crippen LogP contribution is 2.31. The molecule has 28 heavy (non-hydrogen) atoms. The van der Waals surface area contributed by atoms with Crippen LogP contribution >= 0.6 is 0 Å². The Morgan fingerprint density at radius 1 is 1.21 bits per heavy atom. The van der Waals surface area contributed by atoms with E-state index in [2.05, 4.69) is 10.6 Å². The van der Waals surface area contributed by atoms with Gasteiger partial charge in [0.25, 0.3) is 11.5 Å². The zero-order valence-electron chi connectivity index (χ0n) is 16.2. The number of hydrogen-bond donors (Lipinski definition) is 2. The van der Waals surface area contributed by atoms with Crippen LogP contribution in [0.1, 0.15) is 34.0 Å². The lowest BCUT2D eigenvalue weighted by molar-refractivity contribution is 0.0947. The maximum absolute atomic E-state index is 12.9. The number of rotatable bonds is 5. The summed E-state index contributed by atoms with van der Waals surface area (Å²) in [7, 11) is 3.16. The molecule has 7 heteroatoms. The monoisotopic (exact) mass is 383 g/mol. The number of carbonyl (C=O) groups excluding carboxylic acids is 1. The molecule has 2 atom stereocenters. The predicted octanol–water partition coefficient (Wildman–Crippen LogP) is 1.50. The standard InChI is InChI=1S/C21H25N3O4/c1-27-16-4-3-14(19(8-16)28-2)11-23-20(25)17-5-6-18-15-7-13(9-22-10-15)12-24(18)21(17)26/h3-6,8,13,15,22H,7,9-12H2,1-2H3,(H,23,25)/t13-,15+/m0/s1. The fraction of sp³-hybridized carbons (Fsp3) is 0.429. The number of aromatic nitrogens is 1. The van der Waals surface area contributed by atoms with Gasteiger partial charge in [0, 0.05) is 42.9 Å². The van der Waals surface area contributed by atoms with Gasteiger partial charge in [-0.15, -0.1) is 0 Å². The number of nitrogens with zero attached hydrogens (tertiary/aromatic N) is 1. The van der Waals surface area contributed by atoms with Crippen molar-refractivity contribution in [2.45, 2.75) is 25.4 Å². The van der Waals surface area contributed by atoms with Crippen LogP contribution in [0.3, 0.4) is 0 Å². The normalized spacial score (nSPS) is 20.2. The third kappa shape index (κ3) is 3.38. The minimum absolute atomic E-state index is 0.184. The molecule has 2 aliphatic rings. The Hall–Kier alpha value is -2.80. The van der Waals surface area contributed by atoms with Crippen LogP contribution in [0.25, 0.3) is 0 Å². The smallest absolute Gasteiger partial charge is 0.263 e. The lowest BCUT2D eigenvalue weighted by atomic mass is 9.84. The Morgan fingerprint density at radius 3 is 2.86 bits per heavy atom. The molecule has 2 N–H and O–H groups in total. The first kappa shape index (κ1) is 18.6. The van der Waals surface area contributed by atoms with E-state index in [9.17, 15) is 9.59 Å². The SMILES string of the molecule is COc1ccc(CNC(=O)c2ccc3n(c2=O)C[C@@H]2CNC[C@H]3C2)c(OC)c1. The van der Waals surface area contributed by atoms with Crippen LogP contribution in [0.15, 0.2) is 35.1 Å². The minimum Gasteiger partial charge on any atom is -0.497 e. The van der Waals surface area contributed by atoms with E-state index in [1.165, 1.54) is 0 Å². The molecule has 4 rings (SSSR count). The van der Waals surface area contributed by atoms with Crippen LogP contribution in [0, 0.1) is 5.92 Å². The Labute approximate surface area is 163 Å². The molecule has 148 valence electrons. The number of methoxy groups -OCH3 is 2. The summed E-state index contributed by atoms with van der Waals surface area (Å²) in [4.78, 5) is 25.6. The van der Waals surface area contributed by atoms with Gasteiger partial charge < -0.3 is 24.7 Å². The van der Waals surface area contributed by atoms with Crippen molar-refractivity contribution in [2.75, 3.05) is 27.3 Å². The molecule has 1 saturated heterocycles. The number of amides is 1. The first-order chi connectivity index (χ1) is 13.6. The minimum atomic E-state index is -0.368. The van der Waals surface area contributed by atoms with E-state index in [1.807, 2.05) is 18.2 Å². The fourth-order valence-corrected chi connectivity index (χ4v) is 4.23. The molecule has 1 amide bonds. The van der Waals surface area contributed by atoms with Crippen LogP contribution in [0.2, 0.25) is 0 Å². The van der Waals surface area contributed by atoms with E-state index >= 15 is 0 Å². The summed E-state index contributed by atoms with van der Waals surface area (Å²) in [5, 5.41) is 6.27.